The molecule has 0 aromatic rings. The zero-order valence-corrected chi connectivity index (χ0v) is 35.7. The van der Waals surface area contributed by atoms with Crippen LogP contribution in [0.25, 0.3) is 0 Å². The molecule has 6 fully saturated rings. The number of amides is 2. The summed E-state index contributed by atoms with van der Waals surface area (Å²) >= 11 is 0. The van der Waals surface area contributed by atoms with Crippen LogP contribution in [0.1, 0.15) is 97.3 Å². The lowest BCUT2D eigenvalue weighted by molar-refractivity contribution is -0.248. The van der Waals surface area contributed by atoms with Crippen LogP contribution >= 0.6 is 0 Å². The smallest absolute Gasteiger partial charge is 0.290 e. The quantitative estimate of drug-likeness (QED) is 0.0914. The molecule has 0 radical (unpaired) electrons. The first-order valence-electron chi connectivity index (χ1n) is 21.5. The minimum atomic E-state index is -0.742. The van der Waals surface area contributed by atoms with E-state index in [1.165, 1.54) is 0 Å². The third kappa shape index (κ3) is 16.5. The van der Waals surface area contributed by atoms with Gasteiger partial charge in [-0.25, -0.2) is 0 Å². The van der Waals surface area contributed by atoms with Gasteiger partial charge in [-0.15, -0.1) is 0 Å². The Morgan fingerprint density at radius 3 is 2.20 bits per heavy atom. The van der Waals surface area contributed by atoms with Crippen molar-refractivity contribution in [2.45, 2.75) is 164 Å². The van der Waals surface area contributed by atoms with Gasteiger partial charge >= 0.3 is 0 Å². The third-order valence-corrected chi connectivity index (χ3v) is 12.0. The van der Waals surface area contributed by atoms with Crippen molar-refractivity contribution >= 4 is 24.1 Å². The maximum atomic E-state index is 12.7. The lowest BCUT2D eigenvalue weighted by Crippen LogP contribution is -2.57. The molecule has 0 aromatic carbocycles. The molecule has 6 rings (SSSR count). The number of hydrogen-bond donors (Lipinski definition) is 7. The van der Waals surface area contributed by atoms with E-state index in [4.69, 9.17) is 54.3 Å². The minimum Gasteiger partial charge on any atom is -0.483 e. The van der Waals surface area contributed by atoms with E-state index >= 15 is 0 Å². The summed E-state index contributed by atoms with van der Waals surface area (Å²) in [7, 11) is 1.00. The van der Waals surface area contributed by atoms with Crippen LogP contribution in [-0.4, -0.2) is 157 Å². The van der Waals surface area contributed by atoms with Gasteiger partial charge in [-0.1, -0.05) is 20.1 Å². The summed E-state index contributed by atoms with van der Waals surface area (Å²) in [5.41, 5.74) is 7.04. The maximum absolute atomic E-state index is 12.7. The number of rotatable bonds is 15. The SMILES string of the molecule is C=C1COC(CC(C2C[C@@H](O)C(C3CC(O)C4OC(CC(=O)CC5CCOC5)CCC4O3)O2)[C@@H]2C[C@H](CC)OCC2=C)C1.CC(O)CNC(=O)CCC(N)=O.CO.O=CO. The first-order valence-corrected chi connectivity index (χ1v) is 21.5. The normalized spacial score (nSPS) is 34.6. The molecule has 6 aliphatic heterocycles. The van der Waals surface area contributed by atoms with E-state index in [1.807, 2.05) is 0 Å². The molecule has 0 spiro atoms. The van der Waals surface area contributed by atoms with E-state index in [-0.39, 0.29) is 79.9 Å². The van der Waals surface area contributed by atoms with Crippen molar-refractivity contribution in [1.82, 2.24) is 5.32 Å². The molecule has 0 aliphatic carbocycles. The molecule has 17 heteroatoms. The first-order chi connectivity index (χ1) is 28.7. The summed E-state index contributed by atoms with van der Waals surface area (Å²) in [6.45, 7) is 14.7. The highest BCUT2D eigenvalue weighted by Gasteiger charge is 2.51. The number of aliphatic hydroxyl groups is 4. The van der Waals surface area contributed by atoms with Crippen LogP contribution in [0.2, 0.25) is 0 Å². The monoisotopic (exact) mass is 856 g/mol. The van der Waals surface area contributed by atoms with Gasteiger partial charge in [0, 0.05) is 65.4 Å². The summed E-state index contributed by atoms with van der Waals surface area (Å²) in [6, 6.07) is 0. The predicted molar refractivity (Wildman–Crippen MR) is 218 cm³/mol. The number of carbonyl (C=O) groups is 4. The van der Waals surface area contributed by atoms with Crippen molar-refractivity contribution in [2.75, 3.05) is 40.1 Å². The fourth-order valence-corrected chi connectivity index (χ4v) is 9.03. The first kappa shape index (κ1) is 51.5. The van der Waals surface area contributed by atoms with Gasteiger partial charge < -0.3 is 65.0 Å². The molecule has 60 heavy (non-hydrogen) atoms. The van der Waals surface area contributed by atoms with Crippen molar-refractivity contribution in [3.8, 4) is 0 Å². The van der Waals surface area contributed by atoms with E-state index in [0.29, 0.717) is 64.3 Å². The van der Waals surface area contributed by atoms with Gasteiger partial charge in [0.15, 0.2) is 0 Å². The number of ketones is 1. The lowest BCUT2D eigenvalue weighted by atomic mass is 9.74. The van der Waals surface area contributed by atoms with Gasteiger partial charge in [-0.05, 0) is 80.8 Å². The summed E-state index contributed by atoms with van der Waals surface area (Å²) in [6.07, 6.45) is 3.99. The number of Topliss-reactive ketones (excluding diaryl/α,β-unsaturated/α-hetero) is 1. The van der Waals surface area contributed by atoms with Crippen molar-refractivity contribution in [2.24, 2.45) is 23.5 Å². The highest BCUT2D eigenvalue weighted by atomic mass is 16.6. The van der Waals surface area contributed by atoms with Gasteiger partial charge in [-0.2, -0.15) is 0 Å². The molecule has 6 heterocycles. The Morgan fingerprint density at radius 2 is 1.58 bits per heavy atom. The van der Waals surface area contributed by atoms with Gasteiger partial charge in [0.25, 0.3) is 6.47 Å². The van der Waals surface area contributed by atoms with E-state index in [0.717, 1.165) is 57.0 Å². The van der Waals surface area contributed by atoms with Crippen molar-refractivity contribution in [3.63, 3.8) is 0 Å². The molecule has 8 N–H and O–H groups in total. The molecular weight excluding hydrogens is 784 g/mol. The number of carboxylic acid groups (broad SMARTS) is 1. The highest BCUT2D eigenvalue weighted by Crippen LogP contribution is 2.44. The Bertz CT molecular complexity index is 1360. The molecular formula is C43H72N2O15. The van der Waals surface area contributed by atoms with Crippen LogP contribution in [0.3, 0.4) is 0 Å². The summed E-state index contributed by atoms with van der Waals surface area (Å²) < 4.78 is 37.0. The fourth-order valence-electron chi connectivity index (χ4n) is 9.03. The zero-order valence-electron chi connectivity index (χ0n) is 35.7. The van der Waals surface area contributed by atoms with Crippen molar-refractivity contribution in [1.29, 1.82) is 0 Å². The maximum Gasteiger partial charge on any atom is 0.290 e. The molecule has 6 aliphatic rings. The third-order valence-electron chi connectivity index (χ3n) is 12.0. The van der Waals surface area contributed by atoms with Crippen LogP contribution in [0.4, 0.5) is 0 Å². The Hall–Kier alpha value is -2.84. The van der Waals surface area contributed by atoms with E-state index < -0.39 is 42.5 Å². The number of primary amides is 1. The molecule has 2 amide bonds. The summed E-state index contributed by atoms with van der Waals surface area (Å²) in [5, 5.41) is 47.6. The van der Waals surface area contributed by atoms with Crippen LogP contribution in [0, 0.1) is 17.8 Å². The average molecular weight is 857 g/mol. The Kier molecular flexibility index (Phi) is 22.8. The van der Waals surface area contributed by atoms with Gasteiger partial charge in [0.1, 0.15) is 18.0 Å². The van der Waals surface area contributed by atoms with Crippen LogP contribution in [0.5, 0.6) is 0 Å². The predicted octanol–water partition coefficient (Wildman–Crippen LogP) is 1.74. The summed E-state index contributed by atoms with van der Waals surface area (Å²) in [5.74, 6) is 0.112. The average Bonchev–Trinajstić information content (AvgIpc) is 3.98. The Morgan fingerprint density at radius 1 is 0.900 bits per heavy atom. The number of carbonyl (C=O) groups excluding carboxylic acids is 3. The second-order valence-electron chi connectivity index (χ2n) is 16.8. The van der Waals surface area contributed by atoms with Crippen LogP contribution in [0.15, 0.2) is 24.3 Å². The molecule has 6 saturated heterocycles. The van der Waals surface area contributed by atoms with E-state index in [2.05, 4.69) is 25.4 Å². The highest BCUT2D eigenvalue weighted by molar-refractivity contribution is 5.82. The zero-order chi connectivity index (χ0) is 44.4. The van der Waals surface area contributed by atoms with Crippen molar-refractivity contribution in [3.05, 3.63) is 24.3 Å². The Balaban J connectivity index is 0.000000481. The van der Waals surface area contributed by atoms with E-state index in [9.17, 15) is 24.6 Å². The molecule has 344 valence electrons. The largest absolute Gasteiger partial charge is 0.483 e. The summed E-state index contributed by atoms with van der Waals surface area (Å²) in [4.78, 5) is 42.1. The van der Waals surface area contributed by atoms with Crippen molar-refractivity contribution < 1.29 is 73.1 Å². The number of aliphatic hydroxyl groups excluding tert-OH is 4. The molecule has 0 aromatic heterocycles. The topological polar surface area (TPSA) is 263 Å². The van der Waals surface area contributed by atoms with E-state index in [1.54, 1.807) is 6.92 Å². The Labute approximate surface area is 354 Å². The molecule has 0 saturated carbocycles. The second-order valence-corrected chi connectivity index (χ2v) is 16.8. The van der Waals surface area contributed by atoms with Gasteiger partial charge in [0.2, 0.25) is 11.8 Å². The molecule has 11 unspecified atom stereocenters. The molecule has 0 bridgehead atoms. The lowest BCUT2D eigenvalue weighted by Gasteiger charge is -2.46. The van der Waals surface area contributed by atoms with Crippen LogP contribution < -0.4 is 11.1 Å². The number of ether oxygens (including phenoxy) is 6. The minimum absolute atomic E-state index is 0.0473. The fraction of sp³-hybridized carbons (Fsp3) is 0.814. The molecule has 17 nitrogen and oxygen atoms in total. The number of nitrogens with two attached hydrogens (primary N) is 1. The van der Waals surface area contributed by atoms with Gasteiger partial charge in [0.05, 0.1) is 68.1 Å². The second kappa shape index (κ2) is 26.6. The number of fused-ring (bicyclic) bond motifs is 1. The van der Waals surface area contributed by atoms with Gasteiger partial charge in [-0.3, -0.25) is 19.2 Å². The number of nitrogens with one attached hydrogen (secondary N) is 1. The molecule has 14 atom stereocenters. The number of hydrogen-bond acceptors (Lipinski definition) is 14. The standard InChI is InChI=1S/C34H52O9.C7H14N2O3.CH2O2.CH4O/c1-4-23-12-26(20(3)17-40-23)27(13-25-9-19(2)16-39-25)31-14-28(36)34(43-31)32-15-29(37)33-30(42-32)6-5-24(41-33)11-22(35)10-21-7-8-38-18-21;1-5(10)4-9-7(12)3-2-6(8)11;2-1-3;1-2/h21,23-34,36-37H,2-18H2,1H3;5,10H,2-4H2,1H3,(H2,8,11)(H,9,12);1H,(H,2,3);2H,1H3/t21?,23-,24?,25?,26+,27?,28+,29?,30?,31?,32?,33?,34?;;;/m0.../s1. The van der Waals surface area contributed by atoms with Crippen LogP contribution in [-0.2, 0) is 47.6 Å².